The van der Waals surface area contributed by atoms with Crippen LogP contribution >= 0.6 is 0 Å². The molecule has 0 unspecified atom stereocenters. The summed E-state index contributed by atoms with van der Waals surface area (Å²) in [5, 5.41) is 7.81. The lowest BCUT2D eigenvalue weighted by molar-refractivity contribution is -0.125. The molecule has 0 saturated carbocycles. The van der Waals surface area contributed by atoms with Gasteiger partial charge in [0.15, 0.2) is 6.61 Å². The van der Waals surface area contributed by atoms with E-state index in [0.717, 1.165) is 4.90 Å². The molecule has 2 aromatic rings. The molecule has 2 aromatic carbocycles. The maximum atomic E-state index is 12.4. The Labute approximate surface area is 196 Å². The molecular formula is C24H26N4O6. The van der Waals surface area contributed by atoms with Crippen LogP contribution in [0.15, 0.2) is 48.5 Å². The number of ether oxygens (including phenoxy) is 1. The average Bonchev–Trinajstić information content (AvgIpc) is 3.13. The number of anilines is 1. The molecule has 0 aromatic heterocycles. The van der Waals surface area contributed by atoms with Gasteiger partial charge in [-0.1, -0.05) is 38.1 Å². The number of para-hydroxylation sites is 1. The van der Waals surface area contributed by atoms with Crippen molar-refractivity contribution in [3.05, 3.63) is 65.2 Å². The van der Waals surface area contributed by atoms with Crippen LogP contribution in [0.1, 0.15) is 40.1 Å². The SMILES string of the molecule is CC(C)CNC(=O)c1ccccc1NC(=O)COC(=O)c1cccc(CN2C(=O)CNC2=O)c1. The molecule has 1 saturated heterocycles. The maximum absolute atomic E-state index is 12.4. The van der Waals surface area contributed by atoms with Gasteiger partial charge in [0, 0.05) is 6.54 Å². The number of nitrogens with zero attached hydrogens (tertiary/aromatic N) is 1. The number of esters is 1. The van der Waals surface area contributed by atoms with Crippen LogP contribution in [-0.4, -0.2) is 54.3 Å². The summed E-state index contributed by atoms with van der Waals surface area (Å²) in [5.74, 6) is -1.74. The lowest BCUT2D eigenvalue weighted by atomic mass is 10.1. The zero-order chi connectivity index (χ0) is 24.7. The lowest BCUT2D eigenvalue weighted by Crippen LogP contribution is -2.30. The van der Waals surface area contributed by atoms with Crippen LogP contribution in [0.4, 0.5) is 10.5 Å². The molecule has 1 aliphatic heterocycles. The highest BCUT2D eigenvalue weighted by atomic mass is 16.5. The van der Waals surface area contributed by atoms with E-state index in [0.29, 0.717) is 23.4 Å². The molecule has 10 heteroatoms. The van der Waals surface area contributed by atoms with Crippen LogP contribution in [0.25, 0.3) is 0 Å². The summed E-state index contributed by atoms with van der Waals surface area (Å²) in [6.07, 6.45) is 0. The monoisotopic (exact) mass is 466 g/mol. The highest BCUT2D eigenvalue weighted by Crippen LogP contribution is 2.16. The Bertz CT molecular complexity index is 1100. The highest BCUT2D eigenvalue weighted by molar-refractivity contribution is 6.04. The third-order valence-electron chi connectivity index (χ3n) is 4.89. The van der Waals surface area contributed by atoms with Gasteiger partial charge >= 0.3 is 12.0 Å². The van der Waals surface area contributed by atoms with E-state index in [4.69, 9.17) is 4.74 Å². The number of urea groups is 1. The van der Waals surface area contributed by atoms with Crippen molar-refractivity contribution in [3.8, 4) is 0 Å². The number of imide groups is 1. The number of hydrogen-bond acceptors (Lipinski definition) is 6. The summed E-state index contributed by atoms with van der Waals surface area (Å²) in [6, 6.07) is 12.3. The van der Waals surface area contributed by atoms with E-state index in [2.05, 4.69) is 16.0 Å². The van der Waals surface area contributed by atoms with Crippen LogP contribution in [0.2, 0.25) is 0 Å². The van der Waals surface area contributed by atoms with Gasteiger partial charge in [-0.25, -0.2) is 9.59 Å². The molecule has 0 aliphatic carbocycles. The van der Waals surface area contributed by atoms with Crippen molar-refractivity contribution in [3.63, 3.8) is 0 Å². The minimum atomic E-state index is -0.739. The van der Waals surface area contributed by atoms with Crippen LogP contribution in [0.5, 0.6) is 0 Å². The van der Waals surface area contributed by atoms with Gasteiger partial charge in [-0.05, 0) is 35.7 Å². The summed E-state index contributed by atoms with van der Waals surface area (Å²) in [5.41, 5.74) is 1.34. The van der Waals surface area contributed by atoms with E-state index in [9.17, 15) is 24.0 Å². The van der Waals surface area contributed by atoms with Crippen molar-refractivity contribution in [2.45, 2.75) is 20.4 Å². The Balaban J connectivity index is 1.57. The third-order valence-corrected chi connectivity index (χ3v) is 4.89. The number of nitrogens with one attached hydrogen (secondary N) is 3. The minimum Gasteiger partial charge on any atom is -0.452 e. The molecule has 1 fully saturated rings. The molecule has 10 nitrogen and oxygen atoms in total. The molecule has 0 atom stereocenters. The van der Waals surface area contributed by atoms with Crippen LogP contribution in [0, 0.1) is 5.92 Å². The van der Waals surface area contributed by atoms with Gasteiger partial charge < -0.3 is 20.7 Å². The highest BCUT2D eigenvalue weighted by Gasteiger charge is 2.28. The van der Waals surface area contributed by atoms with Crippen molar-refractivity contribution in [1.29, 1.82) is 0 Å². The number of rotatable bonds is 9. The first-order valence-corrected chi connectivity index (χ1v) is 10.8. The first-order chi connectivity index (χ1) is 16.2. The average molecular weight is 466 g/mol. The van der Waals surface area contributed by atoms with E-state index < -0.39 is 24.5 Å². The molecule has 1 heterocycles. The Kier molecular flexibility index (Phi) is 7.96. The molecule has 178 valence electrons. The molecule has 1 aliphatic rings. The quantitative estimate of drug-likeness (QED) is 0.382. The van der Waals surface area contributed by atoms with Crippen molar-refractivity contribution in [2.24, 2.45) is 5.92 Å². The number of carbonyl (C=O) groups excluding carboxylic acids is 5. The second-order valence-electron chi connectivity index (χ2n) is 8.11. The predicted molar refractivity (Wildman–Crippen MR) is 123 cm³/mol. The largest absolute Gasteiger partial charge is 0.452 e. The van der Waals surface area contributed by atoms with Gasteiger partial charge in [0.2, 0.25) is 5.91 Å². The van der Waals surface area contributed by atoms with E-state index in [-0.39, 0.29) is 36.4 Å². The Morgan fingerprint density at radius 2 is 1.85 bits per heavy atom. The van der Waals surface area contributed by atoms with Gasteiger partial charge in [-0.3, -0.25) is 19.3 Å². The normalized spacial score (nSPS) is 13.0. The first kappa shape index (κ1) is 24.4. The van der Waals surface area contributed by atoms with E-state index in [1.807, 2.05) is 13.8 Å². The number of amides is 5. The predicted octanol–water partition coefficient (Wildman–Crippen LogP) is 1.92. The van der Waals surface area contributed by atoms with E-state index in [1.165, 1.54) is 12.1 Å². The Morgan fingerprint density at radius 3 is 2.56 bits per heavy atom. The number of benzene rings is 2. The van der Waals surface area contributed by atoms with Crippen molar-refractivity contribution >= 4 is 35.4 Å². The molecule has 3 rings (SSSR count). The van der Waals surface area contributed by atoms with Gasteiger partial charge in [0.1, 0.15) is 0 Å². The summed E-state index contributed by atoms with van der Waals surface area (Å²) in [4.78, 5) is 61.7. The minimum absolute atomic E-state index is 0.0158. The number of hydrogen-bond donors (Lipinski definition) is 3. The fourth-order valence-electron chi connectivity index (χ4n) is 3.18. The lowest BCUT2D eigenvalue weighted by Gasteiger charge is -2.13. The van der Waals surface area contributed by atoms with E-state index >= 15 is 0 Å². The third kappa shape index (κ3) is 6.41. The van der Waals surface area contributed by atoms with Crippen molar-refractivity contribution in [2.75, 3.05) is 25.0 Å². The Hall–Kier alpha value is -4.21. The van der Waals surface area contributed by atoms with Crippen LogP contribution in [-0.2, 0) is 20.9 Å². The molecule has 34 heavy (non-hydrogen) atoms. The maximum Gasteiger partial charge on any atom is 0.338 e. The zero-order valence-corrected chi connectivity index (χ0v) is 18.9. The van der Waals surface area contributed by atoms with Gasteiger partial charge in [0.05, 0.1) is 29.9 Å². The Morgan fingerprint density at radius 1 is 1.09 bits per heavy atom. The van der Waals surface area contributed by atoms with Crippen LogP contribution in [0.3, 0.4) is 0 Å². The molecule has 3 N–H and O–H groups in total. The number of carbonyl (C=O) groups is 5. The molecule has 0 bridgehead atoms. The molecule has 0 spiro atoms. The summed E-state index contributed by atoms with van der Waals surface area (Å²) in [6.45, 7) is 3.84. The van der Waals surface area contributed by atoms with Crippen LogP contribution < -0.4 is 16.0 Å². The fourth-order valence-corrected chi connectivity index (χ4v) is 3.18. The van der Waals surface area contributed by atoms with Gasteiger partial charge in [-0.2, -0.15) is 0 Å². The van der Waals surface area contributed by atoms with E-state index in [1.54, 1.807) is 36.4 Å². The standard InChI is InChI=1S/C24H26N4O6/c1-15(2)11-25-22(31)18-8-3-4-9-19(18)27-20(29)14-34-23(32)17-7-5-6-16(10-17)13-28-21(30)12-26-24(28)33/h3-10,15H,11-14H2,1-2H3,(H,25,31)(H,26,33)(H,27,29). The summed E-state index contributed by atoms with van der Waals surface area (Å²) < 4.78 is 5.10. The fraction of sp³-hybridized carbons (Fsp3) is 0.292. The molecule has 5 amide bonds. The molecular weight excluding hydrogens is 440 g/mol. The van der Waals surface area contributed by atoms with Crippen molar-refractivity contribution in [1.82, 2.24) is 15.5 Å². The topological polar surface area (TPSA) is 134 Å². The summed E-state index contributed by atoms with van der Waals surface area (Å²) >= 11 is 0. The second kappa shape index (κ2) is 11.1. The van der Waals surface area contributed by atoms with Gasteiger partial charge in [-0.15, -0.1) is 0 Å². The smallest absolute Gasteiger partial charge is 0.338 e. The molecule has 0 radical (unpaired) electrons. The van der Waals surface area contributed by atoms with Gasteiger partial charge in [0.25, 0.3) is 11.8 Å². The van der Waals surface area contributed by atoms with Crippen molar-refractivity contribution < 1.29 is 28.7 Å². The first-order valence-electron chi connectivity index (χ1n) is 10.8. The zero-order valence-electron chi connectivity index (χ0n) is 18.9. The second-order valence-corrected chi connectivity index (χ2v) is 8.11. The summed E-state index contributed by atoms with van der Waals surface area (Å²) in [7, 11) is 0.